The maximum absolute atomic E-state index is 12.4. The Morgan fingerprint density at radius 3 is 2.63 bits per heavy atom. The third kappa shape index (κ3) is 3.59. The van der Waals surface area contributed by atoms with Crippen LogP contribution in [0.5, 0.6) is 0 Å². The van der Waals surface area contributed by atoms with Crippen molar-refractivity contribution in [3.05, 3.63) is 57.7 Å². The van der Waals surface area contributed by atoms with E-state index in [4.69, 9.17) is 9.15 Å². The topological polar surface area (TPSA) is 103 Å². The van der Waals surface area contributed by atoms with Crippen molar-refractivity contribution < 1.29 is 18.7 Å². The van der Waals surface area contributed by atoms with Crippen LogP contribution >= 0.6 is 0 Å². The predicted octanol–water partition coefficient (Wildman–Crippen LogP) is 2.33. The number of ether oxygens (including phenoxy) is 1. The Bertz CT molecular complexity index is 1100. The highest BCUT2D eigenvalue weighted by atomic mass is 16.5. The molecular formula is C19H19N3O5. The normalized spacial score (nSPS) is 12.0. The van der Waals surface area contributed by atoms with Gasteiger partial charge in [0.05, 0.1) is 17.1 Å². The number of rotatable bonds is 4. The van der Waals surface area contributed by atoms with Crippen molar-refractivity contribution in [2.24, 2.45) is 7.05 Å². The number of fused-ring (bicyclic) bond motifs is 1. The minimum atomic E-state index is -1.11. The summed E-state index contributed by atoms with van der Waals surface area (Å²) in [6.45, 7) is 5.00. The van der Waals surface area contributed by atoms with Crippen LogP contribution in [0.15, 0.2) is 39.5 Å². The Morgan fingerprint density at radius 1 is 1.26 bits per heavy atom. The summed E-state index contributed by atoms with van der Waals surface area (Å²) in [6.07, 6.45) is -1.11. The first-order chi connectivity index (χ1) is 12.8. The van der Waals surface area contributed by atoms with E-state index in [0.29, 0.717) is 22.4 Å². The van der Waals surface area contributed by atoms with E-state index in [1.807, 2.05) is 6.92 Å². The van der Waals surface area contributed by atoms with E-state index in [0.717, 1.165) is 5.69 Å². The van der Waals surface area contributed by atoms with Gasteiger partial charge in [-0.05, 0) is 32.9 Å². The average molecular weight is 369 g/mol. The Labute approximate surface area is 154 Å². The summed E-state index contributed by atoms with van der Waals surface area (Å²) < 4.78 is 11.9. The van der Waals surface area contributed by atoms with Crippen molar-refractivity contribution in [1.82, 2.24) is 9.78 Å². The van der Waals surface area contributed by atoms with E-state index in [1.165, 1.54) is 13.0 Å². The molecule has 0 aliphatic heterocycles. The third-order valence-corrected chi connectivity index (χ3v) is 4.27. The number of anilines is 1. The van der Waals surface area contributed by atoms with Gasteiger partial charge in [0.2, 0.25) is 0 Å². The summed E-state index contributed by atoms with van der Waals surface area (Å²) in [5, 5.41) is 7.50. The molecule has 3 aromatic rings. The standard InChI is InChI=1S/C19H19N3O5/c1-10-16(11(2)22(4)21-10)20-17(23)12(3)26-18(24)14-9-13-7-5-6-8-15(13)27-19(14)25/h5-9,12H,1-4H3,(H,20,23)/t12-/m0/s1. The molecule has 0 saturated carbocycles. The fourth-order valence-electron chi connectivity index (χ4n) is 2.66. The van der Waals surface area contributed by atoms with Gasteiger partial charge in [0.1, 0.15) is 11.1 Å². The van der Waals surface area contributed by atoms with Crippen LogP contribution in [0.3, 0.4) is 0 Å². The molecule has 3 rings (SSSR count). The van der Waals surface area contributed by atoms with Gasteiger partial charge in [0, 0.05) is 12.4 Å². The molecular weight excluding hydrogens is 350 g/mol. The second-order valence-electron chi connectivity index (χ2n) is 6.19. The van der Waals surface area contributed by atoms with Gasteiger partial charge in [-0.2, -0.15) is 5.10 Å². The summed E-state index contributed by atoms with van der Waals surface area (Å²) in [4.78, 5) is 36.7. The number of para-hydroxylation sites is 1. The number of nitrogens with zero attached hydrogens (tertiary/aromatic N) is 2. The second kappa shape index (κ2) is 7.06. The smallest absolute Gasteiger partial charge is 0.351 e. The molecule has 8 nitrogen and oxygen atoms in total. The van der Waals surface area contributed by atoms with Crippen molar-refractivity contribution in [2.75, 3.05) is 5.32 Å². The molecule has 0 fully saturated rings. The number of carbonyl (C=O) groups is 2. The zero-order chi connectivity index (χ0) is 19.7. The fraction of sp³-hybridized carbons (Fsp3) is 0.263. The summed E-state index contributed by atoms with van der Waals surface area (Å²) in [6, 6.07) is 8.20. The molecule has 0 spiro atoms. The summed E-state index contributed by atoms with van der Waals surface area (Å²) in [7, 11) is 1.76. The monoisotopic (exact) mass is 369 g/mol. The van der Waals surface area contributed by atoms with Crippen LogP contribution < -0.4 is 10.9 Å². The molecule has 8 heteroatoms. The van der Waals surface area contributed by atoms with Crippen molar-refractivity contribution in [3.63, 3.8) is 0 Å². The number of hydrogen-bond donors (Lipinski definition) is 1. The van der Waals surface area contributed by atoms with Crippen LogP contribution in [0, 0.1) is 13.8 Å². The Hall–Kier alpha value is -3.42. The lowest BCUT2D eigenvalue weighted by Gasteiger charge is -2.13. The molecule has 0 radical (unpaired) electrons. The number of benzene rings is 1. The van der Waals surface area contributed by atoms with E-state index in [2.05, 4.69) is 10.4 Å². The molecule has 1 atom stereocenters. The van der Waals surface area contributed by atoms with Crippen LogP contribution in [-0.4, -0.2) is 27.8 Å². The Morgan fingerprint density at radius 2 is 1.96 bits per heavy atom. The van der Waals surface area contributed by atoms with Gasteiger partial charge in [-0.1, -0.05) is 18.2 Å². The van der Waals surface area contributed by atoms with Gasteiger partial charge in [0.15, 0.2) is 6.10 Å². The van der Waals surface area contributed by atoms with Gasteiger partial charge in [-0.3, -0.25) is 9.48 Å². The molecule has 1 aromatic carbocycles. The number of aromatic nitrogens is 2. The molecule has 1 N–H and O–H groups in total. The Kier molecular flexibility index (Phi) is 4.81. The minimum Gasteiger partial charge on any atom is -0.449 e. The fourth-order valence-corrected chi connectivity index (χ4v) is 2.66. The first kappa shape index (κ1) is 18.4. The number of hydrogen-bond acceptors (Lipinski definition) is 6. The molecule has 2 aromatic heterocycles. The predicted molar refractivity (Wildman–Crippen MR) is 98.7 cm³/mol. The van der Waals surface area contributed by atoms with E-state index < -0.39 is 23.6 Å². The highest BCUT2D eigenvalue weighted by Gasteiger charge is 2.23. The van der Waals surface area contributed by atoms with E-state index in [9.17, 15) is 14.4 Å². The molecule has 0 saturated heterocycles. The van der Waals surface area contributed by atoms with Crippen LogP contribution in [0.1, 0.15) is 28.7 Å². The average Bonchev–Trinajstić information content (AvgIpc) is 2.87. The minimum absolute atomic E-state index is 0.262. The highest BCUT2D eigenvalue weighted by Crippen LogP contribution is 2.19. The first-order valence-corrected chi connectivity index (χ1v) is 8.33. The van der Waals surface area contributed by atoms with Gasteiger partial charge in [-0.25, -0.2) is 9.59 Å². The lowest BCUT2D eigenvalue weighted by molar-refractivity contribution is -0.123. The van der Waals surface area contributed by atoms with Crippen LogP contribution in [-0.2, 0) is 16.6 Å². The van der Waals surface area contributed by atoms with Crippen LogP contribution in [0.2, 0.25) is 0 Å². The number of nitrogens with one attached hydrogen (secondary N) is 1. The van der Waals surface area contributed by atoms with Crippen LogP contribution in [0.25, 0.3) is 11.0 Å². The van der Waals surface area contributed by atoms with Crippen molar-refractivity contribution >= 4 is 28.5 Å². The van der Waals surface area contributed by atoms with Gasteiger partial charge in [-0.15, -0.1) is 0 Å². The van der Waals surface area contributed by atoms with E-state index in [-0.39, 0.29) is 5.56 Å². The van der Waals surface area contributed by atoms with E-state index in [1.54, 1.807) is 42.9 Å². The lowest BCUT2D eigenvalue weighted by Crippen LogP contribution is -2.31. The molecule has 140 valence electrons. The zero-order valence-electron chi connectivity index (χ0n) is 15.4. The molecule has 0 bridgehead atoms. The molecule has 0 aliphatic carbocycles. The summed E-state index contributed by atoms with van der Waals surface area (Å²) in [5.41, 5.74) is 1.28. The van der Waals surface area contributed by atoms with Gasteiger partial charge >= 0.3 is 11.6 Å². The van der Waals surface area contributed by atoms with E-state index >= 15 is 0 Å². The van der Waals surface area contributed by atoms with Gasteiger partial charge in [0.25, 0.3) is 5.91 Å². The summed E-state index contributed by atoms with van der Waals surface area (Å²) in [5.74, 6) is -1.44. The number of esters is 1. The molecule has 0 aliphatic rings. The zero-order valence-corrected chi connectivity index (χ0v) is 15.4. The van der Waals surface area contributed by atoms with Gasteiger partial charge < -0.3 is 14.5 Å². The third-order valence-electron chi connectivity index (χ3n) is 4.27. The largest absolute Gasteiger partial charge is 0.449 e. The molecule has 0 unspecified atom stereocenters. The molecule has 1 amide bonds. The number of amides is 1. The maximum Gasteiger partial charge on any atom is 0.351 e. The highest BCUT2D eigenvalue weighted by molar-refractivity contribution is 5.98. The number of carbonyl (C=O) groups excluding carboxylic acids is 2. The SMILES string of the molecule is Cc1nn(C)c(C)c1NC(=O)[C@H](C)OC(=O)c1cc2ccccc2oc1=O. The number of aryl methyl sites for hydroxylation is 2. The molecule has 27 heavy (non-hydrogen) atoms. The Balaban J connectivity index is 1.76. The quantitative estimate of drug-likeness (QED) is 0.559. The second-order valence-corrected chi connectivity index (χ2v) is 6.19. The van der Waals surface area contributed by atoms with Crippen molar-refractivity contribution in [2.45, 2.75) is 26.9 Å². The van der Waals surface area contributed by atoms with Crippen molar-refractivity contribution in [3.8, 4) is 0 Å². The van der Waals surface area contributed by atoms with Crippen molar-refractivity contribution in [1.29, 1.82) is 0 Å². The molecule has 2 heterocycles. The lowest BCUT2D eigenvalue weighted by atomic mass is 10.2. The first-order valence-electron chi connectivity index (χ1n) is 8.33. The maximum atomic E-state index is 12.4. The summed E-state index contributed by atoms with van der Waals surface area (Å²) >= 11 is 0. The van der Waals surface area contributed by atoms with Crippen LogP contribution in [0.4, 0.5) is 5.69 Å².